The zero-order valence-electron chi connectivity index (χ0n) is 23.2. The molecular weight excluding hydrogens is 523 g/mol. The van der Waals surface area contributed by atoms with Crippen molar-refractivity contribution < 1.29 is 27.1 Å². The Bertz CT molecular complexity index is 1110. The largest absolute Gasteiger partial charge is 0.446 e. The molecule has 4 rings (SSSR count). The number of amides is 2. The number of carbonyl (C=O) groups excluding carboxylic acids is 2. The second-order valence-electron chi connectivity index (χ2n) is 11.9. The minimum absolute atomic E-state index is 0.0478. The predicted molar refractivity (Wildman–Crippen MR) is 145 cm³/mol. The molecule has 2 amide bonds. The van der Waals surface area contributed by atoms with Gasteiger partial charge in [-0.25, -0.2) is 17.6 Å². The average Bonchev–Trinajstić information content (AvgIpc) is 2.89. The number of nitrogens with one attached hydrogen (secondary N) is 1. The molecule has 1 aliphatic heterocycles. The van der Waals surface area contributed by atoms with E-state index in [-0.39, 0.29) is 42.1 Å². The Kier molecular flexibility index (Phi) is 9.54. The van der Waals surface area contributed by atoms with Crippen molar-refractivity contribution in [1.29, 1.82) is 0 Å². The van der Waals surface area contributed by atoms with Gasteiger partial charge >= 0.3 is 6.09 Å². The molecule has 2 saturated carbocycles. The van der Waals surface area contributed by atoms with Crippen molar-refractivity contribution >= 4 is 22.0 Å². The summed E-state index contributed by atoms with van der Waals surface area (Å²) in [7, 11) is -4.22. The fourth-order valence-electron chi connectivity index (χ4n) is 6.24. The van der Waals surface area contributed by atoms with Gasteiger partial charge in [0.05, 0.1) is 4.90 Å². The molecule has 2 aliphatic carbocycles. The number of hydrogen-bond acceptors (Lipinski definition) is 6. The summed E-state index contributed by atoms with van der Waals surface area (Å²) in [4.78, 5) is 28.6. The van der Waals surface area contributed by atoms with Crippen molar-refractivity contribution in [3.8, 4) is 0 Å². The number of sulfonamides is 1. The molecule has 1 aromatic carbocycles. The fourth-order valence-corrected chi connectivity index (χ4v) is 7.83. The maximum atomic E-state index is 13.8. The van der Waals surface area contributed by atoms with E-state index in [1.54, 1.807) is 0 Å². The molecule has 9 nitrogen and oxygen atoms in total. The van der Waals surface area contributed by atoms with E-state index in [2.05, 4.69) is 26.1 Å². The first-order valence-electron chi connectivity index (χ1n) is 14.3. The third kappa shape index (κ3) is 6.92. The smallest absolute Gasteiger partial charge is 0.411 e. The van der Waals surface area contributed by atoms with Gasteiger partial charge in [-0.05, 0) is 87.0 Å². The van der Waals surface area contributed by atoms with E-state index < -0.39 is 34.0 Å². The molecule has 11 heteroatoms. The van der Waals surface area contributed by atoms with Crippen LogP contribution < -0.4 is 11.1 Å². The number of benzene rings is 1. The Balaban J connectivity index is 1.62. The van der Waals surface area contributed by atoms with E-state index in [4.69, 9.17) is 10.5 Å². The van der Waals surface area contributed by atoms with Crippen molar-refractivity contribution in [3.63, 3.8) is 0 Å². The number of ether oxygens (including phenoxy) is 1. The van der Waals surface area contributed by atoms with Gasteiger partial charge in [0.25, 0.3) is 5.91 Å². The molecule has 0 radical (unpaired) electrons. The Morgan fingerprint density at radius 2 is 1.72 bits per heavy atom. The quantitative estimate of drug-likeness (QED) is 0.540. The van der Waals surface area contributed by atoms with Gasteiger partial charge in [0.2, 0.25) is 10.0 Å². The third-order valence-electron chi connectivity index (χ3n) is 8.57. The number of nitrogens with zero attached hydrogens (tertiary/aromatic N) is 2. The summed E-state index contributed by atoms with van der Waals surface area (Å²) in [6.07, 6.45) is 3.61. The second-order valence-corrected chi connectivity index (χ2v) is 13.7. The van der Waals surface area contributed by atoms with E-state index in [9.17, 15) is 22.4 Å². The van der Waals surface area contributed by atoms with Gasteiger partial charge in [-0.15, -0.1) is 0 Å². The maximum absolute atomic E-state index is 13.8. The monoisotopic (exact) mass is 566 g/mol. The van der Waals surface area contributed by atoms with E-state index in [1.165, 1.54) is 17.0 Å². The van der Waals surface area contributed by atoms with Gasteiger partial charge in [-0.3, -0.25) is 9.69 Å². The van der Waals surface area contributed by atoms with Crippen LogP contribution >= 0.6 is 0 Å². The Morgan fingerprint density at radius 1 is 1.05 bits per heavy atom. The molecule has 3 aliphatic rings. The van der Waals surface area contributed by atoms with Crippen LogP contribution in [0, 0.1) is 23.6 Å². The highest BCUT2D eigenvalue weighted by molar-refractivity contribution is 7.89. The van der Waals surface area contributed by atoms with Crippen LogP contribution in [0.4, 0.5) is 9.18 Å². The minimum Gasteiger partial charge on any atom is -0.446 e. The molecule has 4 atom stereocenters. The van der Waals surface area contributed by atoms with Crippen LogP contribution in [-0.4, -0.2) is 67.1 Å². The van der Waals surface area contributed by atoms with Crippen molar-refractivity contribution in [2.24, 2.45) is 23.5 Å². The van der Waals surface area contributed by atoms with E-state index in [1.807, 2.05) is 0 Å². The predicted octanol–water partition coefficient (Wildman–Crippen LogP) is 3.83. The van der Waals surface area contributed by atoms with E-state index in [0.29, 0.717) is 31.1 Å². The number of carbonyl (C=O) groups is 2. The normalized spacial score (nSPS) is 30.7. The molecular formula is C28H43FN4O5S. The highest BCUT2D eigenvalue weighted by Crippen LogP contribution is 2.36. The van der Waals surface area contributed by atoms with Gasteiger partial charge in [0.15, 0.2) is 6.17 Å². The van der Waals surface area contributed by atoms with Crippen molar-refractivity contribution in [1.82, 2.24) is 14.5 Å². The topological polar surface area (TPSA) is 122 Å². The first-order chi connectivity index (χ1) is 18.5. The molecule has 1 heterocycles. The summed E-state index contributed by atoms with van der Waals surface area (Å²) in [5, 5.41) is 2.98. The Morgan fingerprint density at radius 3 is 2.36 bits per heavy atom. The highest BCUT2D eigenvalue weighted by Gasteiger charge is 2.46. The van der Waals surface area contributed by atoms with Crippen LogP contribution in [-0.2, 0) is 19.6 Å². The molecule has 3 fully saturated rings. The lowest BCUT2D eigenvalue weighted by Gasteiger charge is -2.43. The zero-order chi connectivity index (χ0) is 28.3. The summed E-state index contributed by atoms with van der Waals surface area (Å²) in [6.45, 7) is 6.61. The summed E-state index contributed by atoms with van der Waals surface area (Å²) in [5.74, 6) is -0.193. The average molecular weight is 567 g/mol. The maximum Gasteiger partial charge on any atom is 0.411 e. The van der Waals surface area contributed by atoms with Crippen molar-refractivity contribution in [3.05, 3.63) is 30.1 Å². The molecule has 4 unspecified atom stereocenters. The summed E-state index contributed by atoms with van der Waals surface area (Å²) in [6, 6.07) is 4.42. The van der Waals surface area contributed by atoms with Gasteiger partial charge in [-0.2, -0.15) is 4.31 Å². The molecule has 218 valence electrons. The fraction of sp³-hybridized carbons (Fsp3) is 0.714. The summed E-state index contributed by atoms with van der Waals surface area (Å²) in [5.41, 5.74) is 6.02. The van der Waals surface area contributed by atoms with Crippen molar-refractivity contribution in [2.45, 2.75) is 101 Å². The van der Waals surface area contributed by atoms with E-state index >= 15 is 0 Å². The highest BCUT2D eigenvalue weighted by atomic mass is 32.2. The van der Waals surface area contributed by atoms with Gasteiger partial charge in [0.1, 0.15) is 11.9 Å². The van der Waals surface area contributed by atoms with Crippen molar-refractivity contribution in [2.75, 3.05) is 13.1 Å². The third-order valence-corrected chi connectivity index (χ3v) is 10.4. The Labute approximate surface area is 231 Å². The van der Waals surface area contributed by atoms with Crippen LogP contribution in [0.3, 0.4) is 0 Å². The van der Waals surface area contributed by atoms with Gasteiger partial charge in [0, 0.05) is 25.2 Å². The van der Waals surface area contributed by atoms with Gasteiger partial charge in [-0.1, -0.05) is 27.2 Å². The van der Waals surface area contributed by atoms with Crippen LogP contribution in [0.5, 0.6) is 0 Å². The molecule has 39 heavy (non-hydrogen) atoms. The minimum atomic E-state index is -4.22. The van der Waals surface area contributed by atoms with E-state index in [0.717, 1.165) is 48.5 Å². The molecule has 1 aromatic rings. The SMILES string of the molecule is CC1CCC(C(C)C)C(OC(=O)N2CCCN(S(=O)(=O)c3ccc(F)cc3)C2C(=O)NC2CCC(N)CC2)C1. The summed E-state index contributed by atoms with van der Waals surface area (Å²) < 4.78 is 48.1. The molecule has 0 spiro atoms. The lowest BCUT2D eigenvalue weighted by molar-refractivity contribution is -0.133. The second kappa shape index (κ2) is 12.5. The molecule has 1 saturated heterocycles. The lowest BCUT2D eigenvalue weighted by atomic mass is 9.75. The number of rotatable bonds is 6. The summed E-state index contributed by atoms with van der Waals surface area (Å²) >= 11 is 0. The Hall–Kier alpha value is -2.24. The van der Waals surface area contributed by atoms with Crippen LogP contribution in [0.2, 0.25) is 0 Å². The number of hydrogen-bond donors (Lipinski definition) is 2. The molecule has 0 aromatic heterocycles. The van der Waals surface area contributed by atoms with Crippen LogP contribution in [0.25, 0.3) is 0 Å². The first-order valence-corrected chi connectivity index (χ1v) is 15.7. The lowest BCUT2D eigenvalue weighted by Crippen LogP contribution is -2.64. The van der Waals surface area contributed by atoms with Crippen LogP contribution in [0.15, 0.2) is 29.2 Å². The van der Waals surface area contributed by atoms with Crippen LogP contribution in [0.1, 0.15) is 72.1 Å². The standard InChI is InChI=1S/C28H43FN4O5S/c1-18(2)24-14-5-19(3)17-25(24)38-28(35)32-15-4-16-33(39(36,37)23-12-6-20(29)7-13-23)27(32)26(34)31-22-10-8-21(30)9-11-22/h6-7,12-13,18-19,21-22,24-25,27H,4-5,8-11,14-17,30H2,1-3H3,(H,31,34). The molecule has 0 bridgehead atoms. The number of halogens is 1. The number of nitrogens with two attached hydrogens (primary N) is 1. The van der Waals surface area contributed by atoms with Gasteiger partial charge < -0.3 is 15.8 Å². The molecule has 3 N–H and O–H groups in total. The zero-order valence-corrected chi connectivity index (χ0v) is 24.0. The first kappa shape index (κ1) is 29.7.